The molecule has 5 heteroatoms. The molecule has 0 spiro atoms. The average molecular weight is 218 g/mol. The topological polar surface area (TPSA) is 37.2 Å². The van der Waals surface area contributed by atoms with Crippen LogP contribution in [0.5, 0.6) is 0 Å². The SMILES string of the molecule is CCn1cccc1CNCC(F)(F)CO. The predicted molar refractivity (Wildman–Crippen MR) is 53.8 cm³/mol. The molecule has 0 unspecified atom stereocenters. The highest BCUT2D eigenvalue weighted by molar-refractivity contribution is 5.06. The Morgan fingerprint density at radius 1 is 1.53 bits per heavy atom. The number of rotatable bonds is 6. The second-order valence-electron chi connectivity index (χ2n) is 3.40. The number of hydrogen-bond donors (Lipinski definition) is 2. The van der Waals surface area contributed by atoms with Gasteiger partial charge in [-0.3, -0.25) is 0 Å². The number of alkyl halides is 2. The Balaban J connectivity index is 2.38. The zero-order chi connectivity index (χ0) is 11.3. The molecule has 0 atom stereocenters. The Kier molecular flexibility index (Phi) is 4.23. The normalized spacial score (nSPS) is 12.0. The maximum absolute atomic E-state index is 12.6. The third-order valence-corrected chi connectivity index (χ3v) is 2.19. The smallest absolute Gasteiger partial charge is 0.282 e. The van der Waals surface area contributed by atoms with Crippen molar-refractivity contribution in [3.63, 3.8) is 0 Å². The number of aryl methyl sites for hydroxylation is 1. The first-order valence-electron chi connectivity index (χ1n) is 4.92. The molecule has 0 bridgehead atoms. The van der Waals surface area contributed by atoms with Gasteiger partial charge in [0.05, 0.1) is 6.54 Å². The van der Waals surface area contributed by atoms with Crippen molar-refractivity contribution in [1.82, 2.24) is 9.88 Å². The highest BCUT2D eigenvalue weighted by atomic mass is 19.3. The van der Waals surface area contributed by atoms with E-state index in [9.17, 15) is 8.78 Å². The summed E-state index contributed by atoms with van der Waals surface area (Å²) in [4.78, 5) is 0. The Hall–Kier alpha value is -0.940. The first-order valence-corrected chi connectivity index (χ1v) is 4.92. The fourth-order valence-corrected chi connectivity index (χ4v) is 1.35. The first kappa shape index (κ1) is 12.1. The molecule has 2 N–H and O–H groups in total. The van der Waals surface area contributed by atoms with Gasteiger partial charge in [0.25, 0.3) is 5.92 Å². The lowest BCUT2D eigenvalue weighted by Gasteiger charge is -2.14. The van der Waals surface area contributed by atoms with Gasteiger partial charge in [0.15, 0.2) is 0 Å². The molecule has 0 fully saturated rings. The van der Waals surface area contributed by atoms with Crippen LogP contribution >= 0.6 is 0 Å². The van der Waals surface area contributed by atoms with Crippen molar-refractivity contribution in [3.05, 3.63) is 24.0 Å². The number of aliphatic hydroxyl groups excluding tert-OH is 1. The molecule has 0 saturated carbocycles. The van der Waals surface area contributed by atoms with E-state index in [2.05, 4.69) is 5.32 Å². The molecule has 0 aromatic carbocycles. The minimum absolute atomic E-state index is 0.385. The number of hydrogen-bond acceptors (Lipinski definition) is 2. The third-order valence-electron chi connectivity index (χ3n) is 2.19. The summed E-state index contributed by atoms with van der Waals surface area (Å²) in [6.07, 6.45) is 1.90. The lowest BCUT2D eigenvalue weighted by Crippen LogP contribution is -2.35. The predicted octanol–water partition coefficient (Wildman–Crippen LogP) is 1.23. The minimum Gasteiger partial charge on any atom is -0.390 e. The van der Waals surface area contributed by atoms with Gasteiger partial charge in [-0.15, -0.1) is 0 Å². The van der Waals surface area contributed by atoms with Crippen LogP contribution in [-0.4, -0.2) is 28.7 Å². The van der Waals surface area contributed by atoms with Crippen molar-refractivity contribution < 1.29 is 13.9 Å². The molecule has 0 amide bonds. The van der Waals surface area contributed by atoms with Gasteiger partial charge in [-0.05, 0) is 19.1 Å². The van der Waals surface area contributed by atoms with Crippen LogP contribution in [0.3, 0.4) is 0 Å². The lowest BCUT2D eigenvalue weighted by molar-refractivity contribution is -0.0478. The Morgan fingerprint density at radius 3 is 2.87 bits per heavy atom. The van der Waals surface area contributed by atoms with E-state index in [0.29, 0.717) is 6.54 Å². The van der Waals surface area contributed by atoms with Gasteiger partial charge in [0.1, 0.15) is 6.61 Å². The summed E-state index contributed by atoms with van der Waals surface area (Å²) in [6.45, 7) is 1.58. The molecule has 3 nitrogen and oxygen atoms in total. The van der Waals surface area contributed by atoms with E-state index in [1.54, 1.807) is 0 Å². The van der Waals surface area contributed by atoms with Crippen LogP contribution < -0.4 is 5.32 Å². The number of halogens is 2. The van der Waals surface area contributed by atoms with Gasteiger partial charge in [-0.25, -0.2) is 8.78 Å². The summed E-state index contributed by atoms with van der Waals surface area (Å²) in [5, 5.41) is 11.0. The molecular weight excluding hydrogens is 202 g/mol. The van der Waals surface area contributed by atoms with E-state index in [1.807, 2.05) is 29.8 Å². The van der Waals surface area contributed by atoms with Gasteiger partial charge >= 0.3 is 0 Å². The molecule has 15 heavy (non-hydrogen) atoms. The maximum atomic E-state index is 12.6. The molecule has 1 rings (SSSR count). The average Bonchev–Trinajstić information content (AvgIpc) is 2.65. The van der Waals surface area contributed by atoms with Crippen LogP contribution in [0.1, 0.15) is 12.6 Å². The molecular formula is C10H16F2N2O. The van der Waals surface area contributed by atoms with Crippen LogP contribution in [0.25, 0.3) is 0 Å². The molecule has 1 aromatic rings. The highest BCUT2D eigenvalue weighted by Crippen LogP contribution is 2.10. The van der Waals surface area contributed by atoms with Gasteiger partial charge < -0.3 is 15.0 Å². The van der Waals surface area contributed by atoms with E-state index in [1.165, 1.54) is 0 Å². The molecule has 0 radical (unpaired) electrons. The highest BCUT2D eigenvalue weighted by Gasteiger charge is 2.26. The molecule has 86 valence electrons. The minimum atomic E-state index is -3.04. The summed E-state index contributed by atoms with van der Waals surface area (Å²) < 4.78 is 27.3. The van der Waals surface area contributed by atoms with E-state index in [0.717, 1.165) is 12.2 Å². The van der Waals surface area contributed by atoms with Crippen LogP contribution in [0.15, 0.2) is 18.3 Å². The van der Waals surface area contributed by atoms with E-state index < -0.39 is 19.1 Å². The van der Waals surface area contributed by atoms with Crippen molar-refractivity contribution in [1.29, 1.82) is 0 Å². The zero-order valence-electron chi connectivity index (χ0n) is 8.71. The van der Waals surface area contributed by atoms with Crippen molar-refractivity contribution in [2.75, 3.05) is 13.2 Å². The van der Waals surface area contributed by atoms with E-state index in [4.69, 9.17) is 5.11 Å². The zero-order valence-corrected chi connectivity index (χ0v) is 8.71. The molecule has 0 aliphatic rings. The fraction of sp³-hybridized carbons (Fsp3) is 0.600. The standard InChI is InChI=1S/C10H16F2N2O/c1-2-14-5-3-4-9(14)6-13-7-10(11,12)8-15/h3-5,13,15H,2,6-8H2,1H3. The second-order valence-corrected chi connectivity index (χ2v) is 3.40. The fourth-order valence-electron chi connectivity index (χ4n) is 1.35. The van der Waals surface area contributed by atoms with Crippen molar-refractivity contribution in [3.8, 4) is 0 Å². The quantitative estimate of drug-likeness (QED) is 0.753. The number of aliphatic hydroxyl groups is 1. The Morgan fingerprint density at radius 2 is 2.27 bits per heavy atom. The number of nitrogens with zero attached hydrogens (tertiary/aromatic N) is 1. The Labute approximate surface area is 87.7 Å². The van der Waals surface area contributed by atoms with Crippen LogP contribution in [-0.2, 0) is 13.1 Å². The van der Waals surface area contributed by atoms with Crippen LogP contribution in [0.4, 0.5) is 8.78 Å². The van der Waals surface area contributed by atoms with E-state index >= 15 is 0 Å². The van der Waals surface area contributed by atoms with Gasteiger partial charge in [0, 0.05) is 25.0 Å². The molecule has 1 heterocycles. The summed E-state index contributed by atoms with van der Waals surface area (Å²) in [5.74, 6) is -3.04. The van der Waals surface area contributed by atoms with Crippen molar-refractivity contribution in [2.45, 2.75) is 25.9 Å². The van der Waals surface area contributed by atoms with Crippen LogP contribution in [0.2, 0.25) is 0 Å². The van der Waals surface area contributed by atoms with Crippen molar-refractivity contribution in [2.24, 2.45) is 0 Å². The monoisotopic (exact) mass is 218 g/mol. The lowest BCUT2D eigenvalue weighted by atomic mass is 10.3. The molecule has 0 aliphatic heterocycles. The summed E-state index contributed by atoms with van der Waals surface area (Å²) >= 11 is 0. The number of aromatic nitrogens is 1. The molecule has 1 aromatic heterocycles. The summed E-state index contributed by atoms with van der Waals surface area (Å²) in [5.41, 5.74) is 0.964. The van der Waals surface area contributed by atoms with Crippen molar-refractivity contribution >= 4 is 0 Å². The number of nitrogens with one attached hydrogen (secondary N) is 1. The van der Waals surface area contributed by atoms with Gasteiger partial charge in [-0.2, -0.15) is 0 Å². The third kappa shape index (κ3) is 3.60. The summed E-state index contributed by atoms with van der Waals surface area (Å²) in [7, 11) is 0. The van der Waals surface area contributed by atoms with Crippen LogP contribution in [0, 0.1) is 0 Å². The van der Waals surface area contributed by atoms with Gasteiger partial charge in [-0.1, -0.05) is 0 Å². The first-order chi connectivity index (χ1) is 7.09. The maximum Gasteiger partial charge on any atom is 0.282 e. The second kappa shape index (κ2) is 5.23. The Bertz CT molecular complexity index is 299. The molecule has 0 aliphatic carbocycles. The summed E-state index contributed by atoms with van der Waals surface area (Å²) in [6, 6.07) is 3.76. The largest absolute Gasteiger partial charge is 0.390 e. The van der Waals surface area contributed by atoms with Gasteiger partial charge in [0.2, 0.25) is 0 Å². The molecule has 0 saturated heterocycles. The van der Waals surface area contributed by atoms with E-state index in [-0.39, 0.29) is 0 Å².